The van der Waals surface area contributed by atoms with Gasteiger partial charge in [0.25, 0.3) is 0 Å². The molecular weight excluding hydrogens is 484 g/mol. The van der Waals surface area contributed by atoms with E-state index in [4.69, 9.17) is 4.74 Å². The van der Waals surface area contributed by atoms with Crippen LogP contribution in [0.2, 0.25) is 0 Å². The number of nitrogens with one attached hydrogen (secondary N) is 2. The minimum atomic E-state index is -4.17. The van der Waals surface area contributed by atoms with Crippen LogP contribution in [0.1, 0.15) is 25.7 Å². The van der Waals surface area contributed by atoms with Gasteiger partial charge in [0.1, 0.15) is 12.4 Å². The van der Waals surface area contributed by atoms with Crippen molar-refractivity contribution in [3.63, 3.8) is 0 Å². The Morgan fingerprint density at radius 2 is 1.96 bits per heavy atom. The van der Waals surface area contributed by atoms with Crippen LogP contribution < -0.4 is 15.4 Å². The number of ether oxygens (including phenoxy) is 1. The van der Waals surface area contributed by atoms with Crippen LogP contribution in [0.5, 0.6) is 5.75 Å². The van der Waals surface area contributed by atoms with Crippen molar-refractivity contribution < 1.29 is 26.7 Å². The van der Waals surface area contributed by atoms with E-state index in [1.54, 1.807) is 0 Å². The van der Waals surface area contributed by atoms with E-state index in [1.165, 1.54) is 13.1 Å². The zero-order valence-corrected chi connectivity index (χ0v) is 17.1. The minimum Gasteiger partial charge on any atom is -0.492 e. The summed E-state index contributed by atoms with van der Waals surface area (Å²) in [5.74, 6) is -2.67. The first-order valence-corrected chi connectivity index (χ1v) is 8.41. The fourth-order valence-electron chi connectivity index (χ4n) is 2.91. The van der Waals surface area contributed by atoms with Gasteiger partial charge in [-0.05, 0) is 31.4 Å². The Labute approximate surface area is 172 Å². The maximum atomic E-state index is 13.1. The lowest BCUT2D eigenvalue weighted by Crippen LogP contribution is -2.47. The lowest BCUT2D eigenvalue weighted by molar-refractivity contribution is -0.183. The SMILES string of the molecule is CN=C(NCCOc1ccc(F)c(F)c1)NC1CCCC(C(F)(F)F)C1.I. The van der Waals surface area contributed by atoms with Crippen molar-refractivity contribution >= 4 is 29.9 Å². The predicted molar refractivity (Wildman–Crippen MR) is 104 cm³/mol. The Balaban J connectivity index is 0.00000364. The molecule has 1 saturated carbocycles. The Morgan fingerprint density at radius 1 is 1.22 bits per heavy atom. The molecule has 0 amide bonds. The fraction of sp³-hybridized carbons (Fsp3) is 0.588. The number of guanidine groups is 1. The third-order valence-electron chi connectivity index (χ3n) is 4.26. The van der Waals surface area contributed by atoms with Crippen molar-refractivity contribution in [2.24, 2.45) is 10.9 Å². The third-order valence-corrected chi connectivity index (χ3v) is 4.26. The summed E-state index contributed by atoms with van der Waals surface area (Å²) in [6, 6.07) is 2.93. The molecule has 1 fully saturated rings. The molecule has 154 valence electrons. The van der Waals surface area contributed by atoms with E-state index in [2.05, 4.69) is 15.6 Å². The van der Waals surface area contributed by atoms with Crippen molar-refractivity contribution in [1.82, 2.24) is 10.6 Å². The predicted octanol–water partition coefficient (Wildman–Crippen LogP) is 4.25. The number of alkyl halides is 3. The van der Waals surface area contributed by atoms with Gasteiger partial charge in [0, 0.05) is 19.2 Å². The van der Waals surface area contributed by atoms with Crippen molar-refractivity contribution in [3.8, 4) is 5.75 Å². The first-order chi connectivity index (χ1) is 12.3. The molecule has 10 heteroatoms. The highest BCUT2D eigenvalue weighted by molar-refractivity contribution is 14.0. The van der Waals surface area contributed by atoms with Crippen molar-refractivity contribution in [3.05, 3.63) is 29.8 Å². The van der Waals surface area contributed by atoms with E-state index < -0.39 is 23.7 Å². The van der Waals surface area contributed by atoms with Crippen LogP contribution in [0.25, 0.3) is 0 Å². The molecule has 2 atom stereocenters. The molecule has 0 radical (unpaired) electrons. The molecule has 4 nitrogen and oxygen atoms in total. The molecule has 2 rings (SSSR count). The van der Waals surface area contributed by atoms with Gasteiger partial charge in [-0.15, -0.1) is 24.0 Å². The van der Waals surface area contributed by atoms with E-state index >= 15 is 0 Å². The third kappa shape index (κ3) is 7.67. The highest BCUT2D eigenvalue weighted by atomic mass is 127. The molecule has 2 unspecified atom stereocenters. The second kappa shape index (κ2) is 10.9. The number of aliphatic imine (C=N–C) groups is 1. The van der Waals surface area contributed by atoms with E-state index in [1.807, 2.05) is 0 Å². The summed E-state index contributed by atoms with van der Waals surface area (Å²) in [6.45, 7) is 0.454. The number of benzene rings is 1. The molecule has 1 aliphatic rings. The lowest BCUT2D eigenvalue weighted by atomic mass is 9.85. The Morgan fingerprint density at radius 3 is 2.59 bits per heavy atom. The fourth-order valence-corrected chi connectivity index (χ4v) is 2.91. The van der Waals surface area contributed by atoms with Crippen molar-refractivity contribution in [2.75, 3.05) is 20.2 Å². The second-order valence-corrected chi connectivity index (χ2v) is 6.17. The average Bonchev–Trinajstić information content (AvgIpc) is 2.60. The Hall–Kier alpha value is -1.33. The van der Waals surface area contributed by atoms with Gasteiger partial charge in [-0.2, -0.15) is 13.2 Å². The van der Waals surface area contributed by atoms with Crippen LogP contribution in [0.15, 0.2) is 23.2 Å². The van der Waals surface area contributed by atoms with Gasteiger partial charge in [-0.3, -0.25) is 4.99 Å². The summed E-state index contributed by atoms with van der Waals surface area (Å²) in [4.78, 5) is 3.99. The van der Waals surface area contributed by atoms with Gasteiger partial charge in [0.15, 0.2) is 17.6 Å². The maximum Gasteiger partial charge on any atom is 0.391 e. The smallest absolute Gasteiger partial charge is 0.391 e. The quantitative estimate of drug-likeness (QED) is 0.206. The largest absolute Gasteiger partial charge is 0.492 e. The van der Waals surface area contributed by atoms with E-state index in [-0.39, 0.29) is 55.2 Å². The molecule has 1 aromatic rings. The van der Waals surface area contributed by atoms with Crippen LogP contribution in [-0.4, -0.2) is 38.4 Å². The number of halogens is 6. The minimum absolute atomic E-state index is 0. The monoisotopic (exact) mass is 507 g/mol. The second-order valence-electron chi connectivity index (χ2n) is 6.17. The molecule has 27 heavy (non-hydrogen) atoms. The van der Waals surface area contributed by atoms with Crippen LogP contribution in [0, 0.1) is 17.6 Å². The summed E-state index contributed by atoms with van der Waals surface area (Å²) < 4.78 is 69.8. The standard InChI is InChI=1S/C17H22F5N3O.HI/c1-23-16(25-12-4-2-3-11(9-12)17(20,21)22)24-7-8-26-13-5-6-14(18)15(19)10-13;/h5-6,10-12H,2-4,7-9H2,1H3,(H2,23,24,25);1H. The van der Waals surface area contributed by atoms with Gasteiger partial charge < -0.3 is 15.4 Å². The normalized spacial score (nSPS) is 20.6. The lowest BCUT2D eigenvalue weighted by Gasteiger charge is -2.31. The van der Waals surface area contributed by atoms with Gasteiger partial charge in [0.2, 0.25) is 0 Å². The summed E-state index contributed by atoms with van der Waals surface area (Å²) in [6.07, 6.45) is -2.82. The van der Waals surface area contributed by atoms with Crippen LogP contribution in [0.4, 0.5) is 22.0 Å². The van der Waals surface area contributed by atoms with Crippen molar-refractivity contribution in [1.29, 1.82) is 0 Å². The molecule has 0 saturated heterocycles. The first kappa shape index (κ1) is 23.7. The van der Waals surface area contributed by atoms with Gasteiger partial charge in [-0.25, -0.2) is 8.78 Å². The summed E-state index contributed by atoms with van der Waals surface area (Å²) >= 11 is 0. The number of hydrogen-bond donors (Lipinski definition) is 2. The average molecular weight is 507 g/mol. The number of hydrogen-bond acceptors (Lipinski definition) is 2. The molecule has 1 aliphatic carbocycles. The maximum absolute atomic E-state index is 13.1. The van der Waals surface area contributed by atoms with Gasteiger partial charge in [0.05, 0.1) is 12.5 Å². The van der Waals surface area contributed by atoms with Gasteiger partial charge in [-0.1, -0.05) is 6.42 Å². The number of rotatable bonds is 5. The zero-order valence-electron chi connectivity index (χ0n) is 14.8. The van der Waals surface area contributed by atoms with Crippen molar-refractivity contribution in [2.45, 2.75) is 37.9 Å². The van der Waals surface area contributed by atoms with E-state index in [0.717, 1.165) is 12.1 Å². The molecule has 0 aromatic heterocycles. The summed E-state index contributed by atoms with van der Waals surface area (Å²) in [5, 5.41) is 5.93. The molecular formula is C17H23F5IN3O. The van der Waals surface area contributed by atoms with Crippen LogP contribution >= 0.6 is 24.0 Å². The van der Waals surface area contributed by atoms with E-state index in [9.17, 15) is 22.0 Å². The molecule has 0 spiro atoms. The zero-order chi connectivity index (χ0) is 19.2. The Kier molecular flexibility index (Phi) is 9.54. The molecule has 1 aromatic carbocycles. The number of nitrogens with zero attached hydrogens (tertiary/aromatic N) is 1. The molecule has 2 N–H and O–H groups in total. The topological polar surface area (TPSA) is 45.7 Å². The molecule has 0 heterocycles. The van der Waals surface area contributed by atoms with Gasteiger partial charge >= 0.3 is 6.18 Å². The summed E-state index contributed by atoms with van der Waals surface area (Å²) in [5.41, 5.74) is 0. The molecule has 0 bridgehead atoms. The molecule has 0 aliphatic heterocycles. The van der Waals surface area contributed by atoms with E-state index in [0.29, 0.717) is 25.3 Å². The van der Waals surface area contributed by atoms with Crippen LogP contribution in [0.3, 0.4) is 0 Å². The highest BCUT2D eigenvalue weighted by Gasteiger charge is 2.42. The Bertz CT molecular complexity index is 627. The highest BCUT2D eigenvalue weighted by Crippen LogP contribution is 2.37. The first-order valence-electron chi connectivity index (χ1n) is 8.41. The summed E-state index contributed by atoms with van der Waals surface area (Å²) in [7, 11) is 1.52. The van der Waals surface area contributed by atoms with Crippen LogP contribution in [-0.2, 0) is 0 Å².